The van der Waals surface area contributed by atoms with E-state index < -0.39 is 0 Å². The average molecular weight is 209 g/mol. The molecule has 2 rings (SSSR count). The SMILES string of the molecule is COC(=O)c1cc2c([nH]1)C=C(C)CP2. The highest BCUT2D eigenvalue weighted by Gasteiger charge is 2.15. The van der Waals surface area contributed by atoms with E-state index in [9.17, 15) is 4.79 Å². The smallest absolute Gasteiger partial charge is 0.354 e. The van der Waals surface area contributed by atoms with Gasteiger partial charge in [-0.15, -0.1) is 0 Å². The third kappa shape index (κ3) is 1.60. The lowest BCUT2D eigenvalue weighted by atomic mass is 10.2. The van der Waals surface area contributed by atoms with E-state index >= 15 is 0 Å². The van der Waals surface area contributed by atoms with Gasteiger partial charge in [-0.05, 0) is 30.5 Å². The van der Waals surface area contributed by atoms with Crippen LogP contribution in [0.4, 0.5) is 0 Å². The molecule has 4 heteroatoms. The molecule has 0 bridgehead atoms. The van der Waals surface area contributed by atoms with Gasteiger partial charge in [0.05, 0.1) is 7.11 Å². The molecule has 0 fully saturated rings. The van der Waals surface area contributed by atoms with E-state index in [4.69, 9.17) is 0 Å². The van der Waals surface area contributed by atoms with Gasteiger partial charge in [0.1, 0.15) is 5.69 Å². The molecule has 0 radical (unpaired) electrons. The molecule has 1 aliphatic heterocycles. The molecule has 0 spiro atoms. The highest BCUT2D eigenvalue weighted by atomic mass is 31.1. The Morgan fingerprint density at radius 3 is 3.14 bits per heavy atom. The van der Waals surface area contributed by atoms with Gasteiger partial charge in [-0.2, -0.15) is 0 Å². The van der Waals surface area contributed by atoms with Crippen LogP contribution in [-0.4, -0.2) is 24.2 Å². The Hall–Kier alpha value is -1.08. The van der Waals surface area contributed by atoms with Crippen LogP contribution in [-0.2, 0) is 4.74 Å². The van der Waals surface area contributed by atoms with E-state index in [1.165, 1.54) is 18.0 Å². The number of methoxy groups -OCH3 is 1. The number of rotatable bonds is 1. The molecule has 1 aromatic rings. The molecule has 3 nitrogen and oxygen atoms in total. The Kier molecular flexibility index (Phi) is 2.42. The molecule has 74 valence electrons. The summed E-state index contributed by atoms with van der Waals surface area (Å²) in [6.07, 6.45) is 3.20. The zero-order chi connectivity index (χ0) is 10.1. The molecular formula is C10H12NO2P. The summed E-state index contributed by atoms with van der Waals surface area (Å²) in [5.74, 6) is -0.296. The number of nitrogens with one attached hydrogen (secondary N) is 1. The van der Waals surface area contributed by atoms with Gasteiger partial charge in [0, 0.05) is 5.69 Å². The predicted molar refractivity (Wildman–Crippen MR) is 58.6 cm³/mol. The fourth-order valence-corrected chi connectivity index (χ4v) is 2.63. The molecule has 0 saturated carbocycles. The van der Waals surface area contributed by atoms with Gasteiger partial charge in [-0.1, -0.05) is 14.2 Å². The molecule has 14 heavy (non-hydrogen) atoms. The van der Waals surface area contributed by atoms with E-state index in [1.807, 2.05) is 6.07 Å². The van der Waals surface area contributed by atoms with Crippen LogP contribution in [0, 0.1) is 0 Å². The van der Waals surface area contributed by atoms with Gasteiger partial charge in [0.25, 0.3) is 0 Å². The summed E-state index contributed by atoms with van der Waals surface area (Å²) >= 11 is 0. The van der Waals surface area contributed by atoms with Crippen molar-refractivity contribution >= 4 is 25.9 Å². The molecule has 1 N–H and O–H groups in total. The Morgan fingerprint density at radius 2 is 2.43 bits per heavy atom. The number of aromatic amines is 1. The summed E-state index contributed by atoms with van der Waals surface area (Å²) < 4.78 is 4.65. The lowest BCUT2D eigenvalue weighted by Crippen LogP contribution is -2.02. The number of carbonyl (C=O) groups excluding carboxylic acids is 1. The Morgan fingerprint density at radius 1 is 1.64 bits per heavy atom. The lowest BCUT2D eigenvalue weighted by molar-refractivity contribution is 0.0595. The van der Waals surface area contributed by atoms with Crippen LogP contribution in [0.5, 0.6) is 0 Å². The topological polar surface area (TPSA) is 42.1 Å². The number of ether oxygens (including phenoxy) is 1. The van der Waals surface area contributed by atoms with E-state index in [0.717, 1.165) is 20.4 Å². The monoisotopic (exact) mass is 209 g/mol. The Balaban J connectivity index is 2.38. The summed E-state index contributed by atoms with van der Waals surface area (Å²) in [5, 5.41) is 1.23. The number of carbonyl (C=O) groups is 1. The van der Waals surface area contributed by atoms with Crippen LogP contribution in [0.15, 0.2) is 11.6 Å². The van der Waals surface area contributed by atoms with Crippen molar-refractivity contribution in [3.05, 3.63) is 23.0 Å². The molecule has 1 aromatic heterocycles. The van der Waals surface area contributed by atoms with Gasteiger partial charge in [0.15, 0.2) is 0 Å². The molecule has 0 amide bonds. The van der Waals surface area contributed by atoms with Crippen LogP contribution in [0.1, 0.15) is 23.1 Å². The van der Waals surface area contributed by atoms with Crippen LogP contribution in [0.3, 0.4) is 0 Å². The van der Waals surface area contributed by atoms with Crippen molar-refractivity contribution in [2.45, 2.75) is 6.92 Å². The third-order valence-electron chi connectivity index (χ3n) is 2.20. The maximum atomic E-state index is 11.2. The van der Waals surface area contributed by atoms with Crippen LogP contribution < -0.4 is 5.30 Å². The molecule has 0 saturated heterocycles. The molecule has 2 heterocycles. The summed E-state index contributed by atoms with van der Waals surface area (Å²) in [4.78, 5) is 14.3. The van der Waals surface area contributed by atoms with Crippen LogP contribution in [0.25, 0.3) is 6.08 Å². The van der Waals surface area contributed by atoms with Gasteiger partial charge < -0.3 is 9.72 Å². The fraction of sp³-hybridized carbons (Fsp3) is 0.300. The molecule has 0 aliphatic carbocycles. The van der Waals surface area contributed by atoms with Crippen LogP contribution >= 0.6 is 8.58 Å². The summed E-state index contributed by atoms with van der Waals surface area (Å²) in [6, 6.07) is 1.89. The first-order valence-corrected chi connectivity index (χ1v) is 5.64. The minimum Gasteiger partial charge on any atom is -0.464 e. The molecule has 1 atom stereocenters. The van der Waals surface area contributed by atoms with E-state index in [0.29, 0.717) is 5.69 Å². The minimum absolute atomic E-state index is 0.296. The minimum atomic E-state index is -0.296. The second-order valence-corrected chi connectivity index (χ2v) is 4.59. The molecule has 0 aromatic carbocycles. The van der Waals surface area contributed by atoms with Crippen molar-refractivity contribution < 1.29 is 9.53 Å². The van der Waals surface area contributed by atoms with Crippen molar-refractivity contribution in [1.29, 1.82) is 0 Å². The van der Waals surface area contributed by atoms with Crippen molar-refractivity contribution in [3.63, 3.8) is 0 Å². The van der Waals surface area contributed by atoms with Crippen molar-refractivity contribution in [2.75, 3.05) is 13.3 Å². The first kappa shape index (κ1) is 9.47. The van der Waals surface area contributed by atoms with Crippen molar-refractivity contribution in [2.24, 2.45) is 0 Å². The fourth-order valence-electron chi connectivity index (χ4n) is 1.48. The number of allylic oxidation sites excluding steroid dienone is 1. The second kappa shape index (κ2) is 3.58. The lowest BCUT2D eigenvalue weighted by Gasteiger charge is -2.08. The van der Waals surface area contributed by atoms with Gasteiger partial charge in [-0.25, -0.2) is 4.79 Å². The summed E-state index contributed by atoms with van der Waals surface area (Å²) in [7, 11) is 2.16. The number of hydrogen-bond donors (Lipinski definition) is 1. The van der Waals surface area contributed by atoms with E-state index in [-0.39, 0.29) is 5.97 Å². The quantitative estimate of drug-likeness (QED) is 0.562. The summed E-state index contributed by atoms with van der Waals surface area (Å²) in [6.45, 7) is 2.11. The number of hydrogen-bond acceptors (Lipinski definition) is 2. The molecule has 1 aliphatic rings. The largest absolute Gasteiger partial charge is 0.464 e. The van der Waals surface area contributed by atoms with E-state index in [1.54, 1.807) is 0 Å². The van der Waals surface area contributed by atoms with Crippen molar-refractivity contribution in [3.8, 4) is 0 Å². The first-order chi connectivity index (χ1) is 6.70. The normalized spacial score (nSPS) is 16.3. The average Bonchev–Trinajstić information content (AvgIpc) is 2.59. The standard InChI is InChI=1S/C10H12NO2P/c1-6-3-7-9(14-5-6)4-8(11-7)10(12)13-2/h3-4,11,14H,5H2,1-2H3. The maximum absolute atomic E-state index is 11.2. The van der Waals surface area contributed by atoms with Gasteiger partial charge in [-0.3, -0.25) is 0 Å². The third-order valence-corrected chi connectivity index (χ3v) is 3.73. The zero-order valence-corrected chi connectivity index (χ0v) is 9.18. The number of H-pyrrole nitrogens is 1. The highest BCUT2D eigenvalue weighted by molar-refractivity contribution is 7.47. The molecule has 1 unspecified atom stereocenters. The van der Waals surface area contributed by atoms with Crippen molar-refractivity contribution in [1.82, 2.24) is 4.98 Å². The van der Waals surface area contributed by atoms with Gasteiger partial charge in [0.2, 0.25) is 0 Å². The number of fused-ring (bicyclic) bond motifs is 1. The Labute approximate surface area is 84.3 Å². The number of aromatic nitrogens is 1. The zero-order valence-electron chi connectivity index (χ0n) is 8.18. The highest BCUT2D eigenvalue weighted by Crippen LogP contribution is 2.25. The second-order valence-electron chi connectivity index (χ2n) is 3.35. The van der Waals surface area contributed by atoms with E-state index in [2.05, 4.69) is 22.7 Å². The summed E-state index contributed by atoms with van der Waals surface area (Å²) in [5.41, 5.74) is 2.97. The number of esters is 1. The van der Waals surface area contributed by atoms with Crippen LogP contribution in [0.2, 0.25) is 0 Å². The first-order valence-electron chi connectivity index (χ1n) is 4.43. The maximum Gasteiger partial charge on any atom is 0.354 e. The molecular weight excluding hydrogens is 197 g/mol. The van der Waals surface area contributed by atoms with Gasteiger partial charge >= 0.3 is 5.97 Å². The predicted octanol–water partition coefficient (Wildman–Crippen LogP) is 1.52. The Bertz CT molecular complexity index is 406.